The molecule has 0 saturated carbocycles. The van der Waals surface area contributed by atoms with E-state index in [2.05, 4.69) is 36.5 Å². The van der Waals surface area contributed by atoms with E-state index in [9.17, 15) is 9.59 Å². The predicted molar refractivity (Wildman–Crippen MR) is 124 cm³/mol. The highest BCUT2D eigenvalue weighted by Crippen LogP contribution is 2.61. The number of hydrogen-bond acceptors (Lipinski definition) is 3. The zero-order valence-corrected chi connectivity index (χ0v) is 19.2. The van der Waals surface area contributed by atoms with Crippen molar-refractivity contribution in [2.45, 2.75) is 56.4 Å². The van der Waals surface area contributed by atoms with Crippen molar-refractivity contribution in [3.63, 3.8) is 0 Å². The number of likely N-dealkylation sites (tertiary alicyclic amines) is 1. The number of rotatable bonds is 5. The highest BCUT2D eigenvalue weighted by molar-refractivity contribution is 6.30. The molecule has 2 aromatic carbocycles. The molecule has 0 unspecified atom stereocenters. The van der Waals surface area contributed by atoms with Crippen LogP contribution < -0.4 is 5.32 Å². The number of nitrogens with one attached hydrogen (secondary N) is 1. The fraction of sp³-hybridized carbons (Fsp3) is 0.462. The first-order chi connectivity index (χ1) is 15.5. The number of ether oxygens (including phenoxy) is 1. The van der Waals surface area contributed by atoms with Crippen LogP contribution in [0.2, 0.25) is 5.02 Å². The van der Waals surface area contributed by atoms with Crippen LogP contribution in [0.4, 0.5) is 4.79 Å². The minimum atomic E-state index is -0.652. The van der Waals surface area contributed by atoms with Gasteiger partial charge in [0.15, 0.2) is 0 Å². The molecule has 0 radical (unpaired) electrons. The molecule has 1 heterocycles. The lowest BCUT2D eigenvalue weighted by molar-refractivity contribution is -0.136. The van der Waals surface area contributed by atoms with Gasteiger partial charge in [0.1, 0.15) is 5.41 Å². The Hall–Kier alpha value is -2.53. The lowest BCUT2D eigenvalue weighted by Crippen LogP contribution is -2.52. The van der Waals surface area contributed by atoms with Gasteiger partial charge in [0, 0.05) is 30.1 Å². The van der Waals surface area contributed by atoms with Crippen molar-refractivity contribution in [2.24, 2.45) is 0 Å². The zero-order chi connectivity index (χ0) is 22.3. The van der Waals surface area contributed by atoms with E-state index >= 15 is 0 Å². The van der Waals surface area contributed by atoms with Crippen molar-refractivity contribution in [1.29, 1.82) is 0 Å². The number of unbranched alkanes of at least 4 members (excludes halogenated alkanes) is 1. The Bertz CT molecular complexity index is 1050. The molecule has 2 bridgehead atoms. The van der Waals surface area contributed by atoms with Gasteiger partial charge < -0.3 is 15.0 Å². The Morgan fingerprint density at radius 3 is 2.66 bits per heavy atom. The van der Waals surface area contributed by atoms with Gasteiger partial charge in [-0.15, -0.1) is 0 Å². The van der Waals surface area contributed by atoms with Crippen molar-refractivity contribution < 1.29 is 14.3 Å². The van der Waals surface area contributed by atoms with Crippen LogP contribution in [0.1, 0.15) is 67.2 Å². The molecule has 5 nitrogen and oxygen atoms in total. The minimum Gasteiger partial charge on any atom is -0.450 e. The molecule has 5 rings (SSSR count). The molecular weight excluding hydrogens is 424 g/mol. The second-order valence-electron chi connectivity index (χ2n) is 9.18. The summed E-state index contributed by atoms with van der Waals surface area (Å²) >= 11 is 6.38. The van der Waals surface area contributed by atoms with Gasteiger partial charge >= 0.3 is 6.09 Å². The summed E-state index contributed by atoms with van der Waals surface area (Å²) in [6.07, 6.45) is 3.76. The van der Waals surface area contributed by atoms with Crippen molar-refractivity contribution in [3.8, 4) is 0 Å². The van der Waals surface area contributed by atoms with Gasteiger partial charge in [0.2, 0.25) is 5.91 Å². The third-order valence-corrected chi connectivity index (χ3v) is 7.59. The summed E-state index contributed by atoms with van der Waals surface area (Å²) in [6, 6.07) is 14.4. The van der Waals surface area contributed by atoms with Crippen LogP contribution in [0.15, 0.2) is 42.5 Å². The van der Waals surface area contributed by atoms with Gasteiger partial charge in [0.05, 0.1) is 6.61 Å². The first-order valence-corrected chi connectivity index (χ1v) is 12.0. The van der Waals surface area contributed by atoms with E-state index in [1.54, 1.807) is 0 Å². The highest BCUT2D eigenvalue weighted by atomic mass is 35.5. The van der Waals surface area contributed by atoms with Gasteiger partial charge in [-0.25, -0.2) is 4.79 Å². The number of benzene rings is 2. The lowest BCUT2D eigenvalue weighted by Gasteiger charge is -2.39. The zero-order valence-electron chi connectivity index (χ0n) is 18.4. The van der Waals surface area contributed by atoms with Gasteiger partial charge in [-0.3, -0.25) is 4.79 Å². The Kier molecular flexibility index (Phi) is 5.62. The number of carbonyl (C=O) groups is 2. The van der Waals surface area contributed by atoms with E-state index in [0.717, 1.165) is 43.2 Å². The summed E-state index contributed by atoms with van der Waals surface area (Å²) in [4.78, 5) is 28.1. The smallest absolute Gasteiger partial charge is 0.407 e. The first-order valence-electron chi connectivity index (χ1n) is 11.7. The quantitative estimate of drug-likeness (QED) is 0.650. The number of carbonyl (C=O) groups excluding carboxylic acids is 2. The summed E-state index contributed by atoms with van der Waals surface area (Å²) in [6.45, 7) is 3.77. The second kappa shape index (κ2) is 8.43. The van der Waals surface area contributed by atoms with Gasteiger partial charge in [0.25, 0.3) is 0 Å². The Morgan fingerprint density at radius 2 is 1.88 bits per heavy atom. The summed E-state index contributed by atoms with van der Waals surface area (Å²) < 4.78 is 5.23. The molecule has 2 atom stereocenters. The average molecular weight is 453 g/mol. The van der Waals surface area contributed by atoms with E-state index in [-0.39, 0.29) is 24.0 Å². The van der Waals surface area contributed by atoms with Crippen molar-refractivity contribution >= 4 is 23.6 Å². The Morgan fingerprint density at radius 1 is 1.12 bits per heavy atom. The number of amides is 2. The molecule has 3 aliphatic rings. The summed E-state index contributed by atoms with van der Waals surface area (Å²) in [7, 11) is 0. The molecular formula is C26H29ClN2O3. The number of nitrogens with zero attached hydrogens (tertiary/aromatic N) is 1. The predicted octanol–water partition coefficient (Wildman–Crippen LogP) is 4.99. The molecule has 1 N–H and O–H groups in total. The van der Waals surface area contributed by atoms with Crippen LogP contribution in [-0.2, 0) is 14.9 Å². The standard InChI is InChI=1S/C26H29ClN2O3/c1-2-3-14-32-25(31)28-18-10-12-29(13-11-18)24(30)26-16-21(19-6-4-5-7-22(19)26)20-9-8-17(27)15-23(20)26/h4-9,15,18,21H,2-3,10-14,16H2,1H3,(H,28,31)/t21-,26+/m0/s1. The van der Waals surface area contributed by atoms with Crippen molar-refractivity contribution in [2.75, 3.05) is 19.7 Å². The van der Waals surface area contributed by atoms with Crippen LogP contribution in [0.3, 0.4) is 0 Å². The molecule has 6 heteroatoms. The molecule has 1 fully saturated rings. The van der Waals surface area contributed by atoms with Crippen LogP contribution in [0.5, 0.6) is 0 Å². The van der Waals surface area contributed by atoms with E-state index in [1.165, 1.54) is 11.1 Å². The minimum absolute atomic E-state index is 0.0413. The number of piperidine rings is 1. The highest BCUT2D eigenvalue weighted by Gasteiger charge is 2.58. The molecule has 1 saturated heterocycles. The molecule has 2 aliphatic carbocycles. The molecule has 2 amide bonds. The maximum atomic E-state index is 14.1. The third kappa shape index (κ3) is 3.38. The fourth-order valence-corrected chi connectivity index (χ4v) is 5.95. The lowest BCUT2D eigenvalue weighted by atomic mass is 9.74. The van der Waals surface area contributed by atoms with Gasteiger partial charge in [-0.2, -0.15) is 0 Å². The molecule has 32 heavy (non-hydrogen) atoms. The molecule has 168 valence electrons. The van der Waals surface area contributed by atoms with Crippen LogP contribution in [0.25, 0.3) is 0 Å². The monoisotopic (exact) mass is 452 g/mol. The van der Waals surface area contributed by atoms with Crippen molar-refractivity contribution in [1.82, 2.24) is 10.2 Å². The molecule has 2 aromatic rings. The van der Waals surface area contributed by atoms with E-state index in [0.29, 0.717) is 24.7 Å². The summed E-state index contributed by atoms with van der Waals surface area (Å²) in [5.41, 5.74) is 4.04. The Labute approximate surface area is 194 Å². The summed E-state index contributed by atoms with van der Waals surface area (Å²) in [5.74, 6) is 0.414. The maximum Gasteiger partial charge on any atom is 0.407 e. The van der Waals surface area contributed by atoms with E-state index < -0.39 is 5.41 Å². The van der Waals surface area contributed by atoms with Gasteiger partial charge in [-0.05, 0) is 60.1 Å². The maximum absolute atomic E-state index is 14.1. The number of fused-ring (bicyclic) bond motifs is 8. The van der Waals surface area contributed by atoms with Crippen LogP contribution in [0, 0.1) is 0 Å². The Balaban J connectivity index is 1.34. The van der Waals surface area contributed by atoms with E-state index in [1.807, 2.05) is 23.1 Å². The first kappa shape index (κ1) is 21.3. The number of alkyl carbamates (subject to hydrolysis) is 1. The van der Waals surface area contributed by atoms with Crippen molar-refractivity contribution in [3.05, 3.63) is 69.7 Å². The largest absolute Gasteiger partial charge is 0.450 e. The number of hydrogen-bond donors (Lipinski definition) is 1. The second-order valence-corrected chi connectivity index (χ2v) is 9.62. The average Bonchev–Trinajstić information content (AvgIpc) is 3.32. The number of halogens is 1. The topological polar surface area (TPSA) is 58.6 Å². The third-order valence-electron chi connectivity index (χ3n) is 7.36. The fourth-order valence-electron chi connectivity index (χ4n) is 5.78. The van der Waals surface area contributed by atoms with Crippen LogP contribution in [-0.4, -0.2) is 42.6 Å². The van der Waals surface area contributed by atoms with E-state index in [4.69, 9.17) is 16.3 Å². The molecule has 1 aliphatic heterocycles. The molecule has 0 spiro atoms. The van der Waals surface area contributed by atoms with Crippen LogP contribution >= 0.6 is 11.6 Å². The van der Waals surface area contributed by atoms with Gasteiger partial charge in [-0.1, -0.05) is 55.3 Å². The summed E-state index contributed by atoms with van der Waals surface area (Å²) in [5, 5.41) is 3.63. The molecule has 0 aromatic heterocycles. The normalized spacial score (nSPS) is 23.6. The SMILES string of the molecule is CCCCOC(=O)NC1CCN(C(=O)[C@]23C[C@@H](c4ccccc42)c2ccc(Cl)cc23)CC1.